The lowest BCUT2D eigenvalue weighted by Gasteiger charge is -2.20. The minimum absolute atomic E-state index is 0.807. The summed E-state index contributed by atoms with van der Waals surface area (Å²) in [4.78, 5) is 2.19. The zero-order chi connectivity index (χ0) is 22.9. The van der Waals surface area contributed by atoms with Crippen LogP contribution in [-0.4, -0.2) is 20.3 Å². The van der Waals surface area contributed by atoms with Gasteiger partial charge in [0.15, 0.2) is 0 Å². The number of hydrogen-bond donors (Lipinski definition) is 0. The Morgan fingerprint density at radius 3 is 1.22 bits per heavy atom. The van der Waals surface area contributed by atoms with E-state index in [1.54, 1.807) is 0 Å². The van der Waals surface area contributed by atoms with Crippen LogP contribution in [0.2, 0.25) is 0 Å². The van der Waals surface area contributed by atoms with E-state index in [1.165, 1.54) is 64.2 Å². The Balaban J connectivity index is 1.69. The van der Waals surface area contributed by atoms with Crippen molar-refractivity contribution in [1.82, 2.24) is 0 Å². The number of unbranched alkanes of at least 4 members (excludes halogenated alkanes) is 10. The van der Waals surface area contributed by atoms with Crippen LogP contribution in [0.4, 0.5) is 11.4 Å². The Kier molecular flexibility index (Phi) is 13.4. The van der Waals surface area contributed by atoms with Crippen molar-refractivity contribution in [3.63, 3.8) is 0 Å². The third-order valence-electron chi connectivity index (χ3n) is 5.98. The summed E-state index contributed by atoms with van der Waals surface area (Å²) in [5.41, 5.74) is 2.30. The molecule has 0 aliphatic rings. The summed E-state index contributed by atoms with van der Waals surface area (Å²) < 4.78 is 11.8. The molecule has 3 heteroatoms. The van der Waals surface area contributed by atoms with Gasteiger partial charge in [-0.2, -0.15) is 0 Å². The first kappa shape index (κ1) is 26.1. The van der Waals surface area contributed by atoms with Gasteiger partial charge < -0.3 is 14.4 Å². The maximum atomic E-state index is 5.91. The molecule has 0 unspecified atom stereocenters. The summed E-state index contributed by atoms with van der Waals surface area (Å²) in [7, 11) is 2.10. The van der Waals surface area contributed by atoms with Crippen LogP contribution in [-0.2, 0) is 0 Å². The molecule has 0 saturated heterocycles. The molecule has 0 radical (unpaired) electrons. The van der Waals surface area contributed by atoms with Gasteiger partial charge in [-0.1, -0.05) is 78.1 Å². The fourth-order valence-corrected chi connectivity index (χ4v) is 3.83. The zero-order valence-electron chi connectivity index (χ0n) is 20.8. The quantitative estimate of drug-likeness (QED) is 0.216. The van der Waals surface area contributed by atoms with Crippen molar-refractivity contribution in [2.45, 2.75) is 90.9 Å². The molecule has 0 aromatic heterocycles. The summed E-state index contributed by atoms with van der Waals surface area (Å²) in [6, 6.07) is 16.8. The minimum Gasteiger partial charge on any atom is -0.494 e. The highest BCUT2D eigenvalue weighted by Gasteiger charge is 2.05. The van der Waals surface area contributed by atoms with E-state index in [-0.39, 0.29) is 0 Å². The highest BCUT2D eigenvalue weighted by Crippen LogP contribution is 2.27. The molecule has 0 aliphatic heterocycles. The molecule has 3 nitrogen and oxygen atoms in total. The van der Waals surface area contributed by atoms with Gasteiger partial charge >= 0.3 is 0 Å². The molecular formula is C29H45NO2. The molecule has 2 rings (SSSR count). The second-order valence-corrected chi connectivity index (χ2v) is 8.78. The average Bonchev–Trinajstić information content (AvgIpc) is 2.83. The molecule has 0 saturated carbocycles. The highest BCUT2D eigenvalue weighted by molar-refractivity contribution is 5.63. The van der Waals surface area contributed by atoms with Crippen molar-refractivity contribution in [2.24, 2.45) is 0 Å². The third-order valence-corrected chi connectivity index (χ3v) is 5.98. The van der Waals surface area contributed by atoms with E-state index in [1.807, 2.05) is 0 Å². The lowest BCUT2D eigenvalue weighted by molar-refractivity contribution is 0.304. The molecule has 32 heavy (non-hydrogen) atoms. The molecule has 0 heterocycles. The van der Waals surface area contributed by atoms with Crippen LogP contribution in [0.15, 0.2) is 48.5 Å². The van der Waals surface area contributed by atoms with Crippen molar-refractivity contribution in [3.05, 3.63) is 48.5 Å². The van der Waals surface area contributed by atoms with Gasteiger partial charge in [-0.15, -0.1) is 0 Å². The Bertz CT molecular complexity index is 635. The number of nitrogens with zero attached hydrogens (tertiary/aromatic N) is 1. The highest BCUT2D eigenvalue weighted by atomic mass is 16.5. The van der Waals surface area contributed by atoms with Crippen LogP contribution in [0.1, 0.15) is 90.9 Å². The first-order valence-corrected chi connectivity index (χ1v) is 12.9. The molecular weight excluding hydrogens is 394 g/mol. The normalized spacial score (nSPS) is 10.8. The number of rotatable bonds is 18. The predicted octanol–water partition coefficient (Wildman–Crippen LogP) is 8.93. The number of benzene rings is 2. The van der Waals surface area contributed by atoms with Crippen molar-refractivity contribution in [3.8, 4) is 11.5 Å². The second kappa shape index (κ2) is 16.5. The Hall–Kier alpha value is -2.16. The van der Waals surface area contributed by atoms with Gasteiger partial charge in [-0.05, 0) is 61.4 Å². The van der Waals surface area contributed by atoms with E-state index in [9.17, 15) is 0 Å². The van der Waals surface area contributed by atoms with Crippen molar-refractivity contribution >= 4 is 11.4 Å². The summed E-state index contributed by atoms with van der Waals surface area (Å²) in [5, 5.41) is 0. The average molecular weight is 440 g/mol. The van der Waals surface area contributed by atoms with Crippen LogP contribution in [0.5, 0.6) is 11.5 Å². The SMILES string of the molecule is CCCCCCCCOc1ccc(N(C)c2ccc(OCCCCCCCC)cc2)cc1. The number of anilines is 2. The van der Waals surface area contributed by atoms with Crippen LogP contribution in [0.25, 0.3) is 0 Å². The first-order valence-electron chi connectivity index (χ1n) is 12.9. The molecule has 0 atom stereocenters. The standard InChI is InChI=1S/C29H45NO2/c1-4-6-8-10-12-14-24-31-28-20-16-26(17-21-28)30(3)27-18-22-29(23-19-27)32-25-15-13-11-9-7-5-2/h16-23H,4-15,24-25H2,1-3H3. The van der Waals surface area contributed by atoms with Crippen LogP contribution in [0, 0.1) is 0 Å². The van der Waals surface area contributed by atoms with Gasteiger partial charge in [0.1, 0.15) is 11.5 Å². The minimum atomic E-state index is 0.807. The monoisotopic (exact) mass is 439 g/mol. The Morgan fingerprint density at radius 1 is 0.500 bits per heavy atom. The first-order chi connectivity index (χ1) is 15.7. The number of ether oxygens (including phenoxy) is 2. The third kappa shape index (κ3) is 10.4. The molecule has 2 aromatic rings. The fraction of sp³-hybridized carbons (Fsp3) is 0.586. The smallest absolute Gasteiger partial charge is 0.119 e. The van der Waals surface area contributed by atoms with Crippen molar-refractivity contribution in [1.29, 1.82) is 0 Å². The van der Waals surface area contributed by atoms with Crippen LogP contribution >= 0.6 is 0 Å². The Morgan fingerprint density at radius 2 is 0.844 bits per heavy atom. The summed E-state index contributed by atoms with van der Waals surface area (Å²) >= 11 is 0. The van der Waals surface area contributed by atoms with Crippen molar-refractivity contribution < 1.29 is 9.47 Å². The van der Waals surface area contributed by atoms with Gasteiger partial charge in [0.2, 0.25) is 0 Å². The van der Waals surface area contributed by atoms with E-state index in [2.05, 4.69) is 74.3 Å². The largest absolute Gasteiger partial charge is 0.494 e. The second-order valence-electron chi connectivity index (χ2n) is 8.78. The van der Waals surface area contributed by atoms with Gasteiger partial charge in [0, 0.05) is 18.4 Å². The Labute approximate surface area is 197 Å². The molecule has 2 aromatic carbocycles. The molecule has 0 bridgehead atoms. The lowest BCUT2D eigenvalue weighted by atomic mass is 10.1. The van der Waals surface area contributed by atoms with E-state index in [0.29, 0.717) is 0 Å². The summed E-state index contributed by atoms with van der Waals surface area (Å²) in [6.45, 7) is 6.13. The fourth-order valence-electron chi connectivity index (χ4n) is 3.83. The number of hydrogen-bond acceptors (Lipinski definition) is 3. The van der Waals surface area contributed by atoms with Gasteiger partial charge in [-0.25, -0.2) is 0 Å². The van der Waals surface area contributed by atoms with E-state index >= 15 is 0 Å². The van der Waals surface area contributed by atoms with E-state index < -0.39 is 0 Å². The summed E-state index contributed by atoms with van der Waals surface area (Å²) in [5.74, 6) is 1.91. The lowest BCUT2D eigenvalue weighted by Crippen LogP contribution is -2.09. The maximum absolute atomic E-state index is 5.91. The van der Waals surface area contributed by atoms with Gasteiger partial charge in [0.25, 0.3) is 0 Å². The molecule has 0 N–H and O–H groups in total. The van der Waals surface area contributed by atoms with E-state index in [0.717, 1.165) is 48.9 Å². The van der Waals surface area contributed by atoms with E-state index in [4.69, 9.17) is 9.47 Å². The molecule has 0 amide bonds. The zero-order valence-corrected chi connectivity index (χ0v) is 20.8. The molecule has 178 valence electrons. The topological polar surface area (TPSA) is 21.7 Å². The molecule has 0 aliphatic carbocycles. The maximum Gasteiger partial charge on any atom is 0.119 e. The van der Waals surface area contributed by atoms with Crippen LogP contribution < -0.4 is 14.4 Å². The van der Waals surface area contributed by atoms with Crippen molar-refractivity contribution in [2.75, 3.05) is 25.2 Å². The molecule has 0 spiro atoms. The summed E-state index contributed by atoms with van der Waals surface area (Å²) in [6.07, 6.45) is 15.5. The predicted molar refractivity (Wildman–Crippen MR) is 139 cm³/mol. The van der Waals surface area contributed by atoms with Gasteiger partial charge in [-0.3, -0.25) is 0 Å². The van der Waals surface area contributed by atoms with Crippen LogP contribution in [0.3, 0.4) is 0 Å². The van der Waals surface area contributed by atoms with Gasteiger partial charge in [0.05, 0.1) is 13.2 Å². The molecule has 0 fully saturated rings.